The quantitative estimate of drug-likeness (QED) is 0.383. The number of aliphatic hydroxyl groups is 1. The van der Waals surface area contributed by atoms with Crippen LogP contribution in [0.15, 0.2) is 30.3 Å². The Morgan fingerprint density at radius 1 is 1.14 bits per heavy atom. The van der Waals surface area contributed by atoms with E-state index in [2.05, 4.69) is 19.1 Å². The lowest BCUT2D eigenvalue weighted by atomic mass is 9.86. The van der Waals surface area contributed by atoms with Crippen LogP contribution in [-0.4, -0.2) is 58.2 Å². The molecular formula is C30H45NO6. The van der Waals surface area contributed by atoms with Gasteiger partial charge in [0.05, 0.1) is 6.10 Å². The van der Waals surface area contributed by atoms with Crippen LogP contribution < -0.4 is 0 Å². The molecule has 2 aliphatic rings. The highest BCUT2D eigenvalue weighted by molar-refractivity contribution is 6.09. The molecule has 2 heterocycles. The lowest BCUT2D eigenvalue weighted by Crippen LogP contribution is -2.60. The van der Waals surface area contributed by atoms with Crippen molar-refractivity contribution in [1.82, 2.24) is 4.90 Å². The number of hydrogen-bond donors (Lipinski definition) is 1. The third-order valence-electron chi connectivity index (χ3n) is 8.05. The van der Waals surface area contributed by atoms with Gasteiger partial charge >= 0.3 is 11.8 Å². The van der Waals surface area contributed by atoms with Gasteiger partial charge in [-0.05, 0) is 61.8 Å². The lowest BCUT2D eigenvalue weighted by Gasteiger charge is -2.36. The Hall–Kier alpha value is -2.25. The molecule has 1 aromatic carbocycles. The van der Waals surface area contributed by atoms with E-state index in [0.717, 1.165) is 12.8 Å². The maximum atomic E-state index is 13.7. The fourth-order valence-electron chi connectivity index (χ4n) is 5.69. The Balaban J connectivity index is 1.79. The molecule has 37 heavy (non-hydrogen) atoms. The molecule has 7 heteroatoms. The fourth-order valence-corrected chi connectivity index (χ4v) is 5.69. The van der Waals surface area contributed by atoms with Crippen molar-refractivity contribution in [3.05, 3.63) is 35.9 Å². The molecular weight excluding hydrogens is 470 g/mol. The molecule has 0 spiro atoms. The number of hydrogen-bond acceptors (Lipinski definition) is 6. The summed E-state index contributed by atoms with van der Waals surface area (Å²) in [5.41, 5.74) is 1.19. The van der Waals surface area contributed by atoms with Crippen molar-refractivity contribution in [2.24, 2.45) is 23.7 Å². The number of carbonyl (C=O) groups excluding carboxylic acids is 3. The summed E-state index contributed by atoms with van der Waals surface area (Å²) in [7, 11) is 0. The molecule has 2 fully saturated rings. The summed E-state index contributed by atoms with van der Waals surface area (Å²) in [5, 5.41) is 11.4. The van der Waals surface area contributed by atoms with Crippen molar-refractivity contribution in [2.75, 3.05) is 6.54 Å². The predicted octanol–water partition coefficient (Wildman–Crippen LogP) is 4.54. The average Bonchev–Trinajstić information content (AvgIpc) is 3.33. The van der Waals surface area contributed by atoms with E-state index in [9.17, 15) is 19.5 Å². The van der Waals surface area contributed by atoms with Gasteiger partial charge in [0.15, 0.2) is 0 Å². The molecule has 6 unspecified atom stereocenters. The van der Waals surface area contributed by atoms with Crippen molar-refractivity contribution in [3.63, 3.8) is 0 Å². The first-order valence-electron chi connectivity index (χ1n) is 14.0. The van der Waals surface area contributed by atoms with Gasteiger partial charge in [0.25, 0.3) is 5.91 Å². The number of nitrogens with zero attached hydrogens (tertiary/aromatic N) is 1. The molecule has 0 aliphatic carbocycles. The van der Waals surface area contributed by atoms with Gasteiger partial charge in [0.2, 0.25) is 5.78 Å². The zero-order valence-corrected chi connectivity index (χ0v) is 23.3. The number of rotatable bonds is 9. The molecule has 2 saturated heterocycles. The van der Waals surface area contributed by atoms with E-state index in [0.29, 0.717) is 25.7 Å². The number of amides is 1. The molecule has 0 aromatic heterocycles. The minimum atomic E-state index is -2.58. The van der Waals surface area contributed by atoms with Crippen LogP contribution in [-0.2, 0) is 30.3 Å². The molecule has 2 aliphatic heterocycles. The summed E-state index contributed by atoms with van der Waals surface area (Å²) in [6.45, 7) is 12.0. The number of ketones is 1. The molecule has 1 amide bonds. The predicted molar refractivity (Wildman–Crippen MR) is 141 cm³/mol. The van der Waals surface area contributed by atoms with Crippen LogP contribution in [0, 0.1) is 23.7 Å². The number of Topliss-reactive ketones (excluding diaryl/α,β-unsaturated/α-hetero) is 1. The SMILES string of the molecule is CCC(Cc1ccccc1)C(OC(=O)C1CCCN1C(=O)C1(O)OC(C(C)C)CCC(C)C1=O)C(C)C. The largest absolute Gasteiger partial charge is 0.460 e. The normalized spacial score (nSPS) is 28.3. The Kier molecular flexibility index (Phi) is 9.92. The van der Waals surface area contributed by atoms with E-state index in [1.807, 2.05) is 45.9 Å². The molecule has 6 atom stereocenters. The standard InChI is InChI=1S/C30H45NO6/c1-7-23(18-22-12-9-8-10-13-22)26(20(4)5)36-28(33)24-14-11-17-31(24)29(34)30(35)27(32)21(6)15-16-25(37-30)19(2)3/h8-10,12-13,19-21,23-26,35H,7,11,14-18H2,1-6H3. The molecule has 7 nitrogen and oxygen atoms in total. The maximum Gasteiger partial charge on any atom is 0.329 e. The molecule has 1 N–H and O–H groups in total. The van der Waals surface area contributed by atoms with E-state index in [-0.39, 0.29) is 30.4 Å². The van der Waals surface area contributed by atoms with Crippen LogP contribution in [0.1, 0.15) is 79.2 Å². The van der Waals surface area contributed by atoms with Crippen molar-refractivity contribution in [1.29, 1.82) is 0 Å². The van der Waals surface area contributed by atoms with Gasteiger partial charge in [-0.15, -0.1) is 0 Å². The first-order valence-corrected chi connectivity index (χ1v) is 14.0. The summed E-state index contributed by atoms with van der Waals surface area (Å²) in [6, 6.07) is 9.31. The van der Waals surface area contributed by atoms with Crippen LogP contribution in [0.5, 0.6) is 0 Å². The third-order valence-corrected chi connectivity index (χ3v) is 8.05. The third kappa shape index (κ3) is 6.61. The first kappa shape index (κ1) is 29.3. The summed E-state index contributed by atoms with van der Waals surface area (Å²) < 4.78 is 12.0. The lowest BCUT2D eigenvalue weighted by molar-refractivity contribution is -0.231. The highest BCUT2D eigenvalue weighted by atomic mass is 16.6. The van der Waals surface area contributed by atoms with Gasteiger partial charge in [0.1, 0.15) is 12.1 Å². The number of benzene rings is 1. The Morgan fingerprint density at radius 2 is 1.81 bits per heavy atom. The second kappa shape index (κ2) is 12.5. The molecule has 0 saturated carbocycles. The number of carbonyl (C=O) groups is 3. The van der Waals surface area contributed by atoms with Crippen LogP contribution in [0.2, 0.25) is 0 Å². The molecule has 1 aromatic rings. The van der Waals surface area contributed by atoms with Gasteiger partial charge in [0, 0.05) is 12.5 Å². The number of esters is 1. The average molecular weight is 516 g/mol. The van der Waals surface area contributed by atoms with Crippen molar-refractivity contribution >= 4 is 17.7 Å². The minimum absolute atomic E-state index is 0.0270. The van der Waals surface area contributed by atoms with E-state index < -0.39 is 41.5 Å². The first-order chi connectivity index (χ1) is 17.5. The van der Waals surface area contributed by atoms with E-state index in [4.69, 9.17) is 9.47 Å². The molecule has 0 bridgehead atoms. The Morgan fingerprint density at radius 3 is 2.41 bits per heavy atom. The second-order valence-electron chi connectivity index (χ2n) is 11.5. The van der Waals surface area contributed by atoms with Crippen LogP contribution in [0.4, 0.5) is 0 Å². The number of likely N-dealkylation sites (tertiary alicyclic amines) is 1. The Labute approximate surface area is 221 Å². The second-order valence-corrected chi connectivity index (χ2v) is 11.5. The zero-order valence-electron chi connectivity index (χ0n) is 23.3. The zero-order chi connectivity index (χ0) is 27.3. The Bertz CT molecular complexity index is 931. The van der Waals surface area contributed by atoms with Crippen LogP contribution >= 0.6 is 0 Å². The molecule has 0 radical (unpaired) electrons. The summed E-state index contributed by atoms with van der Waals surface area (Å²) in [4.78, 5) is 41.6. The van der Waals surface area contributed by atoms with Gasteiger partial charge in [-0.2, -0.15) is 0 Å². The van der Waals surface area contributed by atoms with Gasteiger partial charge in [-0.3, -0.25) is 9.59 Å². The van der Waals surface area contributed by atoms with Crippen molar-refractivity contribution < 1.29 is 29.0 Å². The van der Waals surface area contributed by atoms with Crippen LogP contribution in [0.3, 0.4) is 0 Å². The highest BCUT2D eigenvalue weighted by Gasteiger charge is 2.55. The van der Waals surface area contributed by atoms with Crippen molar-refractivity contribution in [3.8, 4) is 0 Å². The molecule has 206 valence electrons. The van der Waals surface area contributed by atoms with Crippen LogP contribution in [0.25, 0.3) is 0 Å². The fraction of sp³-hybridized carbons (Fsp3) is 0.700. The number of ether oxygens (including phenoxy) is 2. The van der Waals surface area contributed by atoms with Gasteiger partial charge < -0.3 is 19.5 Å². The van der Waals surface area contributed by atoms with E-state index in [1.54, 1.807) is 6.92 Å². The van der Waals surface area contributed by atoms with E-state index in [1.165, 1.54) is 10.5 Å². The smallest absolute Gasteiger partial charge is 0.329 e. The summed E-state index contributed by atoms with van der Waals surface area (Å²) >= 11 is 0. The topological polar surface area (TPSA) is 93.1 Å². The molecule has 3 rings (SSSR count). The summed E-state index contributed by atoms with van der Waals surface area (Å²) in [6.07, 6.45) is 3.03. The van der Waals surface area contributed by atoms with Gasteiger partial charge in [-0.1, -0.05) is 71.9 Å². The van der Waals surface area contributed by atoms with Gasteiger partial charge in [-0.25, -0.2) is 4.79 Å². The minimum Gasteiger partial charge on any atom is -0.460 e. The van der Waals surface area contributed by atoms with Crippen molar-refractivity contribution in [2.45, 2.75) is 104 Å². The summed E-state index contributed by atoms with van der Waals surface area (Å²) in [5.74, 6) is -4.80. The maximum absolute atomic E-state index is 13.7. The van der Waals surface area contributed by atoms with E-state index >= 15 is 0 Å². The highest BCUT2D eigenvalue weighted by Crippen LogP contribution is 2.34. The monoisotopic (exact) mass is 515 g/mol.